The lowest BCUT2D eigenvalue weighted by molar-refractivity contribution is -0.384. The number of carbonyl (C=O) groups is 1. The topological polar surface area (TPSA) is 84.7 Å². The van der Waals surface area contributed by atoms with E-state index in [9.17, 15) is 14.9 Å². The van der Waals surface area contributed by atoms with Crippen LogP contribution < -0.4 is 10.2 Å². The molecule has 7 heteroatoms. The highest BCUT2D eigenvalue weighted by molar-refractivity contribution is 6.08. The Kier molecular flexibility index (Phi) is 5.72. The quantitative estimate of drug-likeness (QED) is 0.506. The van der Waals surface area contributed by atoms with E-state index >= 15 is 0 Å². The Bertz CT molecular complexity index is 1050. The van der Waals surface area contributed by atoms with Crippen LogP contribution in [-0.2, 0) is 4.74 Å². The summed E-state index contributed by atoms with van der Waals surface area (Å²) in [7, 11) is 0. The molecule has 1 amide bonds. The largest absolute Gasteiger partial charge is 0.378 e. The van der Waals surface area contributed by atoms with E-state index in [1.54, 1.807) is 6.07 Å². The Morgan fingerprint density at radius 3 is 2.27 bits per heavy atom. The second kappa shape index (κ2) is 8.75. The maximum Gasteiger partial charge on any atom is 0.270 e. The van der Waals surface area contributed by atoms with Gasteiger partial charge in [0.15, 0.2) is 0 Å². The molecule has 3 aromatic rings. The lowest BCUT2D eigenvalue weighted by Crippen LogP contribution is -2.37. The smallest absolute Gasteiger partial charge is 0.270 e. The zero-order valence-corrected chi connectivity index (χ0v) is 16.3. The molecular weight excluding hydrogens is 382 g/mol. The van der Waals surface area contributed by atoms with Gasteiger partial charge in [0.25, 0.3) is 11.6 Å². The third kappa shape index (κ3) is 4.31. The van der Waals surface area contributed by atoms with E-state index in [0.717, 1.165) is 11.1 Å². The minimum atomic E-state index is -0.492. The van der Waals surface area contributed by atoms with Crippen molar-refractivity contribution in [2.45, 2.75) is 0 Å². The van der Waals surface area contributed by atoms with E-state index in [4.69, 9.17) is 4.74 Å². The maximum absolute atomic E-state index is 13.0. The van der Waals surface area contributed by atoms with Crippen molar-refractivity contribution in [2.75, 3.05) is 36.5 Å². The number of benzene rings is 3. The molecule has 1 heterocycles. The Labute approximate surface area is 174 Å². The van der Waals surface area contributed by atoms with Crippen molar-refractivity contribution in [1.82, 2.24) is 0 Å². The Morgan fingerprint density at radius 2 is 1.60 bits per heavy atom. The third-order valence-corrected chi connectivity index (χ3v) is 5.04. The molecule has 0 saturated carbocycles. The molecule has 30 heavy (non-hydrogen) atoms. The molecule has 7 nitrogen and oxygen atoms in total. The number of nitro groups is 1. The van der Waals surface area contributed by atoms with Gasteiger partial charge in [-0.2, -0.15) is 0 Å². The molecule has 3 aromatic carbocycles. The monoisotopic (exact) mass is 403 g/mol. The van der Waals surface area contributed by atoms with Gasteiger partial charge >= 0.3 is 0 Å². The van der Waals surface area contributed by atoms with Gasteiger partial charge in [-0.15, -0.1) is 0 Å². The van der Waals surface area contributed by atoms with Crippen molar-refractivity contribution in [2.24, 2.45) is 0 Å². The van der Waals surface area contributed by atoms with Crippen molar-refractivity contribution < 1.29 is 14.5 Å². The van der Waals surface area contributed by atoms with Crippen LogP contribution >= 0.6 is 0 Å². The number of morpholine rings is 1. The predicted molar refractivity (Wildman–Crippen MR) is 116 cm³/mol. The molecule has 152 valence electrons. The van der Waals surface area contributed by atoms with Crippen LogP contribution in [0, 0.1) is 10.1 Å². The minimum Gasteiger partial charge on any atom is -0.378 e. The molecule has 0 aliphatic carbocycles. The maximum atomic E-state index is 13.0. The van der Waals surface area contributed by atoms with E-state index in [1.807, 2.05) is 59.5 Å². The molecule has 0 bridgehead atoms. The number of hydrogen-bond donors (Lipinski definition) is 1. The summed E-state index contributed by atoms with van der Waals surface area (Å²) >= 11 is 0. The molecule has 0 atom stereocenters. The van der Waals surface area contributed by atoms with Crippen LogP contribution in [-0.4, -0.2) is 37.1 Å². The van der Waals surface area contributed by atoms with Gasteiger partial charge in [-0.1, -0.05) is 42.5 Å². The second-order valence-corrected chi connectivity index (χ2v) is 6.96. The van der Waals surface area contributed by atoms with Crippen LogP contribution in [0.1, 0.15) is 10.4 Å². The second-order valence-electron chi connectivity index (χ2n) is 6.96. The van der Waals surface area contributed by atoms with Crippen LogP contribution in [0.5, 0.6) is 0 Å². The molecule has 1 fully saturated rings. The van der Waals surface area contributed by atoms with Crippen LogP contribution in [0.25, 0.3) is 11.1 Å². The standard InChI is InChI=1S/C23H21N3O4/c27-23(24-19-8-6-18(7-9-19)17-4-2-1-3-5-17)21-16-20(26(28)29)10-11-22(21)25-12-14-30-15-13-25/h1-11,16H,12-15H2,(H,24,27). The number of nitro benzene ring substituents is 1. The summed E-state index contributed by atoms with van der Waals surface area (Å²) in [5.41, 5.74) is 3.58. The Hall–Kier alpha value is -3.71. The molecule has 0 radical (unpaired) electrons. The van der Waals surface area contributed by atoms with Crippen molar-refractivity contribution >= 4 is 23.0 Å². The zero-order valence-electron chi connectivity index (χ0n) is 16.3. The lowest BCUT2D eigenvalue weighted by Gasteiger charge is -2.30. The van der Waals surface area contributed by atoms with Gasteiger partial charge in [0, 0.05) is 30.9 Å². The predicted octanol–water partition coefficient (Wildman–Crippen LogP) is 4.35. The first-order valence-corrected chi connectivity index (χ1v) is 9.70. The molecule has 0 unspecified atom stereocenters. The van der Waals surface area contributed by atoms with Gasteiger partial charge in [-0.25, -0.2) is 0 Å². The molecule has 1 aliphatic rings. The molecule has 0 spiro atoms. The number of amides is 1. The number of rotatable bonds is 5. The first kappa shape index (κ1) is 19.6. The van der Waals surface area contributed by atoms with Crippen LogP contribution in [0.15, 0.2) is 72.8 Å². The van der Waals surface area contributed by atoms with Crippen molar-refractivity contribution in [3.05, 3.63) is 88.5 Å². The fourth-order valence-corrected chi connectivity index (χ4v) is 3.47. The van der Waals surface area contributed by atoms with Gasteiger partial charge in [-0.3, -0.25) is 14.9 Å². The highest BCUT2D eigenvalue weighted by atomic mass is 16.6. The van der Waals surface area contributed by atoms with E-state index in [2.05, 4.69) is 5.32 Å². The molecule has 1 aliphatic heterocycles. The van der Waals surface area contributed by atoms with Gasteiger partial charge in [0.2, 0.25) is 0 Å². The highest BCUT2D eigenvalue weighted by Crippen LogP contribution is 2.28. The summed E-state index contributed by atoms with van der Waals surface area (Å²) < 4.78 is 5.38. The number of hydrogen-bond acceptors (Lipinski definition) is 5. The fourth-order valence-electron chi connectivity index (χ4n) is 3.47. The zero-order chi connectivity index (χ0) is 20.9. The summed E-state index contributed by atoms with van der Waals surface area (Å²) in [5, 5.41) is 14.1. The van der Waals surface area contributed by atoms with Crippen molar-refractivity contribution in [3.8, 4) is 11.1 Å². The summed E-state index contributed by atoms with van der Waals surface area (Å²) in [4.78, 5) is 25.8. The number of non-ortho nitro benzene ring substituents is 1. The average molecular weight is 403 g/mol. The van der Waals surface area contributed by atoms with Gasteiger partial charge in [-0.05, 0) is 29.3 Å². The molecule has 1 N–H and O–H groups in total. The van der Waals surface area contributed by atoms with E-state index in [1.165, 1.54) is 12.1 Å². The number of anilines is 2. The average Bonchev–Trinajstić information content (AvgIpc) is 2.80. The SMILES string of the molecule is O=C(Nc1ccc(-c2ccccc2)cc1)c1cc([N+](=O)[O-])ccc1N1CCOCC1. The van der Waals surface area contributed by atoms with Crippen LogP contribution in [0.2, 0.25) is 0 Å². The number of ether oxygens (including phenoxy) is 1. The Morgan fingerprint density at radius 1 is 0.933 bits per heavy atom. The lowest BCUT2D eigenvalue weighted by atomic mass is 10.1. The van der Waals surface area contributed by atoms with Gasteiger partial charge in [0.1, 0.15) is 0 Å². The van der Waals surface area contributed by atoms with E-state index in [-0.39, 0.29) is 17.2 Å². The third-order valence-electron chi connectivity index (χ3n) is 5.04. The summed E-state index contributed by atoms with van der Waals surface area (Å²) in [6.07, 6.45) is 0. The molecule has 1 saturated heterocycles. The first-order chi connectivity index (χ1) is 14.6. The summed E-state index contributed by atoms with van der Waals surface area (Å²) in [5.74, 6) is -0.382. The Balaban J connectivity index is 1.58. The van der Waals surface area contributed by atoms with Crippen molar-refractivity contribution in [1.29, 1.82) is 0 Å². The minimum absolute atomic E-state index is 0.114. The van der Waals surface area contributed by atoms with E-state index < -0.39 is 4.92 Å². The number of nitrogens with zero attached hydrogens (tertiary/aromatic N) is 2. The number of carbonyl (C=O) groups excluding carboxylic acids is 1. The normalized spacial score (nSPS) is 13.7. The summed E-state index contributed by atoms with van der Waals surface area (Å²) in [6.45, 7) is 2.37. The van der Waals surface area contributed by atoms with Gasteiger partial charge in [0.05, 0.1) is 29.4 Å². The highest BCUT2D eigenvalue weighted by Gasteiger charge is 2.22. The van der Waals surface area contributed by atoms with Crippen LogP contribution in [0.4, 0.5) is 17.1 Å². The number of nitrogens with one attached hydrogen (secondary N) is 1. The molecule has 4 rings (SSSR count). The van der Waals surface area contributed by atoms with Crippen LogP contribution in [0.3, 0.4) is 0 Å². The molecule has 0 aromatic heterocycles. The van der Waals surface area contributed by atoms with Gasteiger partial charge < -0.3 is 15.0 Å². The molecular formula is C23H21N3O4. The fraction of sp³-hybridized carbons (Fsp3) is 0.174. The summed E-state index contributed by atoms with van der Waals surface area (Å²) in [6, 6.07) is 21.9. The van der Waals surface area contributed by atoms with Crippen molar-refractivity contribution in [3.63, 3.8) is 0 Å². The first-order valence-electron chi connectivity index (χ1n) is 9.70. The van der Waals surface area contributed by atoms with E-state index in [0.29, 0.717) is 37.7 Å².